The van der Waals surface area contributed by atoms with Crippen LogP contribution in [0.1, 0.15) is 54.4 Å². The van der Waals surface area contributed by atoms with Gasteiger partial charge in [0.2, 0.25) is 0 Å². The number of benzene rings is 2. The van der Waals surface area contributed by atoms with Crippen molar-refractivity contribution in [3.05, 3.63) is 65.7 Å². The first kappa shape index (κ1) is 19.1. The van der Waals surface area contributed by atoms with E-state index >= 15 is 0 Å². The fourth-order valence-electron chi connectivity index (χ4n) is 5.39. The number of hydrogen-bond acceptors (Lipinski definition) is 4. The van der Waals surface area contributed by atoms with Crippen LogP contribution in [-0.2, 0) is 10.2 Å². The molecule has 1 saturated heterocycles. The van der Waals surface area contributed by atoms with Crippen LogP contribution in [-0.4, -0.2) is 35.7 Å². The van der Waals surface area contributed by atoms with E-state index in [0.29, 0.717) is 6.54 Å². The van der Waals surface area contributed by atoms with E-state index in [1.54, 1.807) is 0 Å². The van der Waals surface area contributed by atoms with Crippen LogP contribution in [0, 0.1) is 11.3 Å². The Balaban J connectivity index is 1.48. The maximum absolute atomic E-state index is 13.5. The molecule has 1 amide bonds. The molecule has 1 unspecified atom stereocenters. The molecule has 0 aromatic heterocycles. The molecule has 1 atom stereocenters. The minimum atomic E-state index is -0.496. The molecule has 2 aliphatic heterocycles. The summed E-state index contributed by atoms with van der Waals surface area (Å²) in [5.74, 6) is 0.0732. The highest BCUT2D eigenvalue weighted by molar-refractivity contribution is 6.02. The summed E-state index contributed by atoms with van der Waals surface area (Å²) in [4.78, 5) is 15.6. The number of anilines is 1. The Morgan fingerprint density at radius 3 is 2.50 bits per heavy atom. The first-order valence-electron chi connectivity index (χ1n) is 10.9. The smallest absolute Gasteiger partial charge is 0.257 e. The van der Waals surface area contributed by atoms with E-state index in [9.17, 15) is 10.1 Å². The monoisotopic (exact) mass is 401 g/mol. The standard InChI is InChI=1S/C25H27N3O2/c26-18-24(19-7-2-1-3-8-19)12-14-25(15-13-24)27-22-11-5-4-10-21(22)23(29)28(25)17-20-9-6-16-30-20/h1-5,7-8,10-11,20,27H,6,9,12-17H2. The Morgan fingerprint density at radius 2 is 1.80 bits per heavy atom. The molecular weight excluding hydrogens is 374 g/mol. The maximum atomic E-state index is 13.5. The lowest BCUT2D eigenvalue weighted by atomic mass is 9.66. The predicted octanol–water partition coefficient (Wildman–Crippen LogP) is 4.47. The highest BCUT2D eigenvalue weighted by atomic mass is 16.5. The Hall–Kier alpha value is -2.84. The molecule has 1 saturated carbocycles. The first-order valence-corrected chi connectivity index (χ1v) is 10.9. The number of carbonyl (C=O) groups is 1. The number of amides is 1. The summed E-state index contributed by atoms with van der Waals surface area (Å²) in [6, 6.07) is 20.5. The van der Waals surface area contributed by atoms with Gasteiger partial charge in [0.1, 0.15) is 5.66 Å². The molecule has 2 heterocycles. The molecule has 1 aliphatic carbocycles. The van der Waals surface area contributed by atoms with Gasteiger partial charge in [-0.2, -0.15) is 5.26 Å². The Kier molecular flexibility index (Phi) is 4.75. The molecule has 2 aromatic carbocycles. The summed E-state index contributed by atoms with van der Waals surface area (Å²) in [7, 11) is 0. The number of hydrogen-bond donors (Lipinski definition) is 1. The summed E-state index contributed by atoms with van der Waals surface area (Å²) in [5.41, 5.74) is 1.74. The van der Waals surface area contributed by atoms with E-state index in [2.05, 4.69) is 23.5 Å². The number of rotatable bonds is 3. The van der Waals surface area contributed by atoms with Crippen molar-refractivity contribution in [2.75, 3.05) is 18.5 Å². The molecule has 5 rings (SSSR count). The van der Waals surface area contributed by atoms with Crippen molar-refractivity contribution in [1.82, 2.24) is 4.90 Å². The van der Waals surface area contributed by atoms with Crippen LogP contribution in [0.4, 0.5) is 5.69 Å². The van der Waals surface area contributed by atoms with Crippen LogP contribution in [0.3, 0.4) is 0 Å². The lowest BCUT2D eigenvalue weighted by Gasteiger charge is -2.53. The number of nitrogens with one attached hydrogen (secondary N) is 1. The highest BCUT2D eigenvalue weighted by Crippen LogP contribution is 2.48. The summed E-state index contributed by atoms with van der Waals surface area (Å²) in [6.45, 7) is 1.38. The Morgan fingerprint density at radius 1 is 1.07 bits per heavy atom. The number of para-hydroxylation sites is 1. The number of ether oxygens (including phenoxy) is 1. The zero-order valence-corrected chi connectivity index (χ0v) is 17.1. The number of carbonyl (C=O) groups excluding carboxylic acids is 1. The van der Waals surface area contributed by atoms with Crippen molar-refractivity contribution in [3.8, 4) is 6.07 Å². The molecule has 154 valence electrons. The van der Waals surface area contributed by atoms with Crippen molar-refractivity contribution in [2.45, 2.75) is 55.7 Å². The topological polar surface area (TPSA) is 65.4 Å². The molecule has 0 radical (unpaired) electrons. The quantitative estimate of drug-likeness (QED) is 0.824. The second kappa shape index (κ2) is 7.45. The van der Waals surface area contributed by atoms with Gasteiger partial charge in [-0.1, -0.05) is 42.5 Å². The van der Waals surface area contributed by atoms with Gasteiger partial charge in [-0.25, -0.2) is 0 Å². The van der Waals surface area contributed by atoms with E-state index < -0.39 is 11.1 Å². The average molecular weight is 402 g/mol. The molecule has 1 spiro atoms. The molecule has 30 heavy (non-hydrogen) atoms. The zero-order valence-electron chi connectivity index (χ0n) is 17.1. The van der Waals surface area contributed by atoms with E-state index in [-0.39, 0.29) is 12.0 Å². The molecule has 5 nitrogen and oxygen atoms in total. The SMILES string of the molecule is N#CC1(c2ccccc2)CCC2(CC1)Nc1ccccc1C(=O)N2CC1CCCO1. The summed E-state index contributed by atoms with van der Waals surface area (Å²) < 4.78 is 5.88. The zero-order chi connectivity index (χ0) is 20.6. The predicted molar refractivity (Wildman–Crippen MR) is 115 cm³/mol. The molecule has 2 aromatic rings. The summed E-state index contributed by atoms with van der Waals surface area (Å²) in [5, 5.41) is 13.8. The summed E-state index contributed by atoms with van der Waals surface area (Å²) in [6.07, 6.45) is 5.05. The van der Waals surface area contributed by atoms with E-state index in [4.69, 9.17) is 4.74 Å². The molecule has 5 heteroatoms. The Labute approximate surface area is 177 Å². The van der Waals surface area contributed by atoms with Crippen LogP contribution < -0.4 is 5.32 Å². The van der Waals surface area contributed by atoms with Crippen LogP contribution in [0.25, 0.3) is 0 Å². The Bertz CT molecular complexity index is 967. The minimum Gasteiger partial charge on any atom is -0.376 e. The van der Waals surface area contributed by atoms with E-state index in [1.807, 2.05) is 47.4 Å². The highest BCUT2D eigenvalue weighted by Gasteiger charge is 2.51. The third kappa shape index (κ3) is 3.07. The van der Waals surface area contributed by atoms with Gasteiger partial charge in [0.05, 0.1) is 23.2 Å². The third-order valence-corrected chi connectivity index (χ3v) is 7.17. The minimum absolute atomic E-state index is 0.0732. The van der Waals surface area contributed by atoms with Gasteiger partial charge in [-0.05, 0) is 56.2 Å². The number of fused-ring (bicyclic) bond motifs is 1. The van der Waals surface area contributed by atoms with Crippen LogP contribution in [0.2, 0.25) is 0 Å². The number of nitrogens with zero attached hydrogens (tertiary/aromatic N) is 2. The van der Waals surface area contributed by atoms with Crippen LogP contribution >= 0.6 is 0 Å². The van der Waals surface area contributed by atoms with Crippen molar-refractivity contribution in [2.24, 2.45) is 0 Å². The van der Waals surface area contributed by atoms with Crippen molar-refractivity contribution in [1.29, 1.82) is 5.26 Å². The van der Waals surface area contributed by atoms with E-state index in [1.165, 1.54) is 0 Å². The third-order valence-electron chi connectivity index (χ3n) is 7.17. The van der Waals surface area contributed by atoms with Gasteiger partial charge in [0.25, 0.3) is 5.91 Å². The maximum Gasteiger partial charge on any atom is 0.257 e. The van der Waals surface area contributed by atoms with Gasteiger partial charge in [0, 0.05) is 18.8 Å². The second-order valence-electron chi connectivity index (χ2n) is 8.81. The molecule has 3 aliphatic rings. The first-order chi connectivity index (χ1) is 14.7. The largest absolute Gasteiger partial charge is 0.376 e. The second-order valence-corrected chi connectivity index (χ2v) is 8.81. The molecule has 1 N–H and O–H groups in total. The average Bonchev–Trinajstić information content (AvgIpc) is 3.32. The van der Waals surface area contributed by atoms with Crippen molar-refractivity contribution in [3.63, 3.8) is 0 Å². The van der Waals surface area contributed by atoms with Gasteiger partial charge < -0.3 is 15.0 Å². The number of nitriles is 1. The fraction of sp³-hybridized carbons (Fsp3) is 0.440. The van der Waals surface area contributed by atoms with Crippen molar-refractivity contribution < 1.29 is 9.53 Å². The van der Waals surface area contributed by atoms with Crippen molar-refractivity contribution >= 4 is 11.6 Å². The van der Waals surface area contributed by atoms with Crippen LogP contribution in [0.5, 0.6) is 0 Å². The van der Waals surface area contributed by atoms with Crippen LogP contribution in [0.15, 0.2) is 54.6 Å². The molecule has 0 bridgehead atoms. The fourth-order valence-corrected chi connectivity index (χ4v) is 5.39. The van der Waals surface area contributed by atoms with Gasteiger partial charge in [0.15, 0.2) is 0 Å². The van der Waals surface area contributed by atoms with Gasteiger partial charge in [-0.3, -0.25) is 4.79 Å². The van der Waals surface area contributed by atoms with Gasteiger partial charge >= 0.3 is 0 Å². The normalized spacial score (nSPS) is 30.6. The lowest BCUT2D eigenvalue weighted by molar-refractivity contribution is 0.00616. The lowest BCUT2D eigenvalue weighted by Crippen LogP contribution is -2.63. The van der Waals surface area contributed by atoms with E-state index in [0.717, 1.165) is 61.9 Å². The molecular formula is C25H27N3O2. The molecule has 2 fully saturated rings. The summed E-state index contributed by atoms with van der Waals surface area (Å²) >= 11 is 0. The van der Waals surface area contributed by atoms with Gasteiger partial charge in [-0.15, -0.1) is 0 Å².